The number of aromatic nitrogens is 2. The van der Waals surface area contributed by atoms with Gasteiger partial charge in [-0.15, -0.1) is 0 Å². The van der Waals surface area contributed by atoms with E-state index in [0.29, 0.717) is 12.4 Å². The summed E-state index contributed by atoms with van der Waals surface area (Å²) in [5.41, 5.74) is -0.387. The summed E-state index contributed by atoms with van der Waals surface area (Å²) >= 11 is 0. The molecule has 0 radical (unpaired) electrons. The summed E-state index contributed by atoms with van der Waals surface area (Å²) in [6.45, 7) is 0. The number of rotatable bonds is 2. The van der Waals surface area contributed by atoms with Crippen molar-refractivity contribution >= 4 is 12.6 Å². The SMILES string of the molecule is OB(O)c1cnc(C(F)(F)C(F)(F)F)nc1. The van der Waals surface area contributed by atoms with Crippen LogP contribution in [0.3, 0.4) is 0 Å². The molecule has 1 aromatic rings. The summed E-state index contributed by atoms with van der Waals surface area (Å²) in [5, 5.41) is 17.1. The van der Waals surface area contributed by atoms with Gasteiger partial charge in [-0.25, -0.2) is 9.97 Å². The van der Waals surface area contributed by atoms with Gasteiger partial charge in [0.15, 0.2) is 0 Å². The third kappa shape index (κ3) is 2.27. The molecule has 0 bridgehead atoms. The van der Waals surface area contributed by atoms with E-state index in [1.165, 1.54) is 0 Å². The predicted molar refractivity (Wildman–Crippen MR) is 41.8 cm³/mol. The highest BCUT2D eigenvalue weighted by molar-refractivity contribution is 6.58. The van der Waals surface area contributed by atoms with Gasteiger partial charge in [-0.3, -0.25) is 0 Å². The minimum Gasteiger partial charge on any atom is -0.423 e. The first-order valence-corrected chi connectivity index (χ1v) is 3.79. The van der Waals surface area contributed by atoms with E-state index in [0.717, 1.165) is 0 Å². The largest absolute Gasteiger partial charge is 0.491 e. The van der Waals surface area contributed by atoms with Gasteiger partial charge in [0.05, 0.1) is 0 Å². The Bertz CT molecular complexity index is 366. The van der Waals surface area contributed by atoms with Gasteiger partial charge in [-0.1, -0.05) is 0 Å². The van der Waals surface area contributed by atoms with E-state index < -0.39 is 25.0 Å². The van der Waals surface area contributed by atoms with Crippen LogP contribution in [0.4, 0.5) is 22.0 Å². The second-order valence-electron chi connectivity index (χ2n) is 2.79. The van der Waals surface area contributed by atoms with Gasteiger partial charge in [0.25, 0.3) is 0 Å². The molecular formula is C6H4BF5N2O2. The summed E-state index contributed by atoms with van der Waals surface area (Å²) in [6, 6.07) is 0. The minimum atomic E-state index is -5.80. The van der Waals surface area contributed by atoms with Gasteiger partial charge in [-0.05, 0) is 0 Å². The molecule has 10 heteroatoms. The number of alkyl halides is 5. The molecule has 4 nitrogen and oxygen atoms in total. The Morgan fingerprint density at radius 1 is 1.00 bits per heavy atom. The van der Waals surface area contributed by atoms with Crippen molar-refractivity contribution in [3.63, 3.8) is 0 Å². The van der Waals surface area contributed by atoms with Crippen LogP contribution in [-0.4, -0.2) is 33.3 Å². The van der Waals surface area contributed by atoms with E-state index >= 15 is 0 Å². The van der Waals surface area contributed by atoms with E-state index in [9.17, 15) is 22.0 Å². The van der Waals surface area contributed by atoms with Crippen LogP contribution in [0.25, 0.3) is 0 Å². The van der Waals surface area contributed by atoms with Crippen molar-refractivity contribution in [2.24, 2.45) is 0 Å². The first kappa shape index (κ1) is 12.8. The highest BCUT2D eigenvalue weighted by atomic mass is 19.4. The van der Waals surface area contributed by atoms with Crippen LogP contribution in [0.5, 0.6) is 0 Å². The van der Waals surface area contributed by atoms with Crippen molar-refractivity contribution in [2.75, 3.05) is 0 Å². The van der Waals surface area contributed by atoms with Crippen molar-refractivity contribution in [3.05, 3.63) is 18.2 Å². The molecule has 1 aromatic heterocycles. The predicted octanol–water partition coefficient (Wildman–Crippen LogP) is -0.189. The molecule has 0 aliphatic heterocycles. The topological polar surface area (TPSA) is 66.2 Å². The maximum absolute atomic E-state index is 12.6. The number of hydrogen-bond acceptors (Lipinski definition) is 4. The average molecular weight is 242 g/mol. The molecule has 16 heavy (non-hydrogen) atoms. The monoisotopic (exact) mass is 242 g/mol. The summed E-state index contributed by atoms with van der Waals surface area (Å²) in [5.74, 6) is -6.92. The van der Waals surface area contributed by atoms with Crippen LogP contribution in [-0.2, 0) is 5.92 Å². The fourth-order valence-electron chi connectivity index (χ4n) is 0.760. The molecule has 0 atom stereocenters. The van der Waals surface area contributed by atoms with Crippen molar-refractivity contribution in [1.82, 2.24) is 9.97 Å². The van der Waals surface area contributed by atoms with Crippen LogP contribution < -0.4 is 5.46 Å². The van der Waals surface area contributed by atoms with Gasteiger partial charge in [0, 0.05) is 17.9 Å². The van der Waals surface area contributed by atoms with Crippen LogP contribution in [0.1, 0.15) is 5.82 Å². The standard InChI is InChI=1S/C6H4BF5N2O2/c8-5(9,6(10,11)12)4-13-1-3(2-14-4)7(15)16/h1-2,15-16H. The number of hydrogen-bond donors (Lipinski definition) is 2. The normalized spacial score (nSPS) is 12.7. The summed E-state index contributed by atoms with van der Waals surface area (Å²) in [6.07, 6.45) is -4.84. The average Bonchev–Trinajstić information content (AvgIpc) is 2.16. The van der Waals surface area contributed by atoms with Crippen molar-refractivity contribution in [3.8, 4) is 0 Å². The van der Waals surface area contributed by atoms with Crippen LogP contribution in [0, 0.1) is 0 Å². The molecule has 0 aromatic carbocycles. The quantitative estimate of drug-likeness (QED) is 0.557. The minimum absolute atomic E-state index is 0.387. The zero-order chi connectivity index (χ0) is 12.6. The van der Waals surface area contributed by atoms with Crippen LogP contribution in [0.2, 0.25) is 0 Å². The molecule has 0 unspecified atom stereocenters. The van der Waals surface area contributed by atoms with E-state index in [1.807, 2.05) is 0 Å². The number of nitrogens with zero attached hydrogens (tertiary/aromatic N) is 2. The smallest absolute Gasteiger partial charge is 0.423 e. The molecule has 1 rings (SSSR count). The Kier molecular flexibility index (Phi) is 3.15. The molecule has 0 spiro atoms. The number of halogens is 5. The van der Waals surface area contributed by atoms with E-state index in [4.69, 9.17) is 10.0 Å². The van der Waals surface area contributed by atoms with Crippen molar-refractivity contribution < 1.29 is 32.0 Å². The lowest BCUT2D eigenvalue weighted by molar-refractivity contribution is -0.292. The first-order valence-electron chi connectivity index (χ1n) is 3.79. The lowest BCUT2D eigenvalue weighted by atomic mass is 9.83. The van der Waals surface area contributed by atoms with Crippen molar-refractivity contribution in [1.29, 1.82) is 0 Å². The highest BCUT2D eigenvalue weighted by Gasteiger charge is 2.61. The molecule has 0 amide bonds. The molecular weight excluding hydrogens is 238 g/mol. The molecule has 1 heterocycles. The van der Waals surface area contributed by atoms with E-state index in [-0.39, 0.29) is 5.46 Å². The maximum Gasteiger partial charge on any atom is 0.491 e. The van der Waals surface area contributed by atoms with Gasteiger partial charge < -0.3 is 10.0 Å². The Morgan fingerprint density at radius 3 is 1.75 bits per heavy atom. The molecule has 2 N–H and O–H groups in total. The van der Waals surface area contributed by atoms with Gasteiger partial charge in [-0.2, -0.15) is 22.0 Å². The fourth-order valence-corrected chi connectivity index (χ4v) is 0.760. The third-order valence-electron chi connectivity index (χ3n) is 1.61. The Morgan fingerprint density at radius 2 is 1.44 bits per heavy atom. The Balaban J connectivity index is 3.07. The van der Waals surface area contributed by atoms with Gasteiger partial charge in [0.2, 0.25) is 5.82 Å². The second-order valence-corrected chi connectivity index (χ2v) is 2.79. The molecule has 0 saturated carbocycles. The molecule has 0 fully saturated rings. The summed E-state index contributed by atoms with van der Waals surface area (Å²) in [4.78, 5) is 5.47. The molecule has 0 aliphatic carbocycles. The lowest BCUT2D eigenvalue weighted by Crippen LogP contribution is -2.37. The third-order valence-corrected chi connectivity index (χ3v) is 1.61. The summed E-state index contributed by atoms with van der Waals surface area (Å²) < 4.78 is 60.8. The Hall–Kier alpha value is -1.29. The zero-order valence-corrected chi connectivity index (χ0v) is 7.41. The molecule has 0 saturated heterocycles. The Labute approximate surface area is 85.9 Å². The van der Waals surface area contributed by atoms with E-state index in [1.54, 1.807) is 0 Å². The molecule has 88 valence electrons. The highest BCUT2D eigenvalue weighted by Crippen LogP contribution is 2.41. The van der Waals surface area contributed by atoms with Crippen molar-refractivity contribution in [2.45, 2.75) is 12.1 Å². The summed E-state index contributed by atoms with van der Waals surface area (Å²) in [7, 11) is -2.03. The zero-order valence-electron chi connectivity index (χ0n) is 7.41. The first-order chi connectivity index (χ1) is 7.16. The van der Waals surface area contributed by atoms with Crippen LogP contribution in [0.15, 0.2) is 12.4 Å². The maximum atomic E-state index is 12.6. The second kappa shape index (κ2) is 3.94. The van der Waals surface area contributed by atoms with Crippen LogP contribution >= 0.6 is 0 Å². The van der Waals surface area contributed by atoms with Gasteiger partial charge in [0.1, 0.15) is 0 Å². The van der Waals surface area contributed by atoms with E-state index in [2.05, 4.69) is 9.97 Å². The fraction of sp³-hybridized carbons (Fsp3) is 0.333. The van der Waals surface area contributed by atoms with Gasteiger partial charge >= 0.3 is 19.2 Å². The molecule has 0 aliphatic rings. The lowest BCUT2D eigenvalue weighted by Gasteiger charge is -2.17.